The van der Waals surface area contributed by atoms with E-state index in [1.165, 1.54) is 5.56 Å². The third kappa shape index (κ3) is 4.53. The van der Waals surface area contributed by atoms with Gasteiger partial charge in [-0.05, 0) is 37.8 Å². The van der Waals surface area contributed by atoms with Gasteiger partial charge in [0.1, 0.15) is 0 Å². The number of rotatable bonds is 6. The summed E-state index contributed by atoms with van der Waals surface area (Å²) in [5, 5.41) is 13.1. The van der Waals surface area contributed by atoms with Crippen molar-refractivity contribution in [3.05, 3.63) is 32.7 Å². The van der Waals surface area contributed by atoms with Gasteiger partial charge in [0, 0.05) is 26.3 Å². The first-order valence-corrected chi connectivity index (χ1v) is 8.71. The van der Waals surface area contributed by atoms with Gasteiger partial charge in [0.25, 0.3) is 0 Å². The lowest BCUT2D eigenvalue weighted by atomic mass is 10.1. The van der Waals surface area contributed by atoms with E-state index in [9.17, 15) is 5.11 Å². The molecule has 0 spiro atoms. The van der Waals surface area contributed by atoms with Crippen LogP contribution in [-0.2, 0) is 0 Å². The molecule has 18 heavy (non-hydrogen) atoms. The van der Waals surface area contributed by atoms with Crippen molar-refractivity contribution in [2.75, 3.05) is 12.9 Å². The van der Waals surface area contributed by atoms with Gasteiger partial charge in [-0.2, -0.15) is 11.8 Å². The predicted octanol–water partition coefficient (Wildman–Crippen LogP) is 3.97. The molecule has 3 atom stereocenters. The van der Waals surface area contributed by atoms with Crippen LogP contribution in [0.15, 0.2) is 27.1 Å². The number of hydrogen-bond acceptors (Lipinski definition) is 3. The Labute approximate surface area is 130 Å². The Morgan fingerprint density at radius 2 is 2.00 bits per heavy atom. The Balaban J connectivity index is 2.72. The highest BCUT2D eigenvalue weighted by atomic mass is 79.9. The maximum absolute atomic E-state index is 9.29. The van der Waals surface area contributed by atoms with Gasteiger partial charge in [-0.25, -0.2) is 0 Å². The number of halogens is 2. The van der Waals surface area contributed by atoms with E-state index in [2.05, 4.69) is 63.2 Å². The third-order valence-electron chi connectivity index (χ3n) is 2.98. The van der Waals surface area contributed by atoms with Crippen molar-refractivity contribution < 1.29 is 5.11 Å². The largest absolute Gasteiger partial charge is 0.395 e. The molecule has 0 bridgehead atoms. The SMILES string of the molecule is CSC(CO)C(C)NC(C)c1ccc(Br)cc1Br. The van der Waals surface area contributed by atoms with Crippen molar-refractivity contribution in [1.82, 2.24) is 5.32 Å². The molecule has 0 aliphatic rings. The van der Waals surface area contributed by atoms with Crippen molar-refractivity contribution >= 4 is 43.6 Å². The summed E-state index contributed by atoms with van der Waals surface area (Å²) in [6, 6.07) is 6.70. The summed E-state index contributed by atoms with van der Waals surface area (Å²) in [7, 11) is 0. The monoisotopic (exact) mass is 395 g/mol. The molecule has 0 aliphatic heterocycles. The zero-order valence-corrected chi connectivity index (χ0v) is 14.8. The minimum atomic E-state index is 0.198. The van der Waals surface area contributed by atoms with Gasteiger partial charge in [-0.15, -0.1) is 0 Å². The lowest BCUT2D eigenvalue weighted by Gasteiger charge is -2.26. The van der Waals surface area contributed by atoms with Crippen LogP contribution in [0.2, 0.25) is 0 Å². The average molecular weight is 397 g/mol. The van der Waals surface area contributed by atoms with E-state index >= 15 is 0 Å². The lowest BCUT2D eigenvalue weighted by Crippen LogP contribution is -2.39. The Morgan fingerprint density at radius 3 is 2.50 bits per heavy atom. The minimum Gasteiger partial charge on any atom is -0.395 e. The number of hydrogen-bond donors (Lipinski definition) is 2. The molecule has 0 saturated heterocycles. The Hall–Kier alpha value is 0.450. The van der Waals surface area contributed by atoms with E-state index in [1.54, 1.807) is 11.8 Å². The molecule has 2 nitrogen and oxygen atoms in total. The first kappa shape index (κ1) is 16.5. The summed E-state index contributed by atoms with van der Waals surface area (Å²) < 4.78 is 2.16. The molecular weight excluding hydrogens is 378 g/mol. The van der Waals surface area contributed by atoms with Crippen LogP contribution >= 0.6 is 43.6 Å². The van der Waals surface area contributed by atoms with Crippen LogP contribution in [0.3, 0.4) is 0 Å². The highest BCUT2D eigenvalue weighted by molar-refractivity contribution is 9.11. The topological polar surface area (TPSA) is 32.3 Å². The average Bonchev–Trinajstić information content (AvgIpc) is 2.30. The van der Waals surface area contributed by atoms with E-state index in [0.717, 1.165) is 8.95 Å². The van der Waals surface area contributed by atoms with Crippen LogP contribution in [0.25, 0.3) is 0 Å². The molecule has 0 fully saturated rings. The molecule has 2 N–H and O–H groups in total. The van der Waals surface area contributed by atoms with Crippen LogP contribution in [0, 0.1) is 0 Å². The summed E-state index contributed by atoms with van der Waals surface area (Å²) in [6.45, 7) is 4.45. The van der Waals surface area contributed by atoms with Crippen molar-refractivity contribution in [3.63, 3.8) is 0 Å². The number of aliphatic hydroxyl groups is 1. The maximum atomic E-state index is 9.29. The smallest absolute Gasteiger partial charge is 0.0564 e. The molecule has 1 aromatic carbocycles. The highest BCUT2D eigenvalue weighted by Crippen LogP contribution is 2.27. The molecular formula is C13H19Br2NOS. The summed E-state index contributed by atoms with van der Waals surface area (Å²) in [6.07, 6.45) is 2.03. The number of nitrogens with one attached hydrogen (secondary N) is 1. The normalized spacial score (nSPS) is 16.3. The van der Waals surface area contributed by atoms with Crippen molar-refractivity contribution in [1.29, 1.82) is 0 Å². The molecule has 0 radical (unpaired) electrons. The molecule has 0 heterocycles. The van der Waals surface area contributed by atoms with Gasteiger partial charge in [-0.1, -0.05) is 37.9 Å². The summed E-state index contributed by atoms with van der Waals surface area (Å²) in [5.41, 5.74) is 1.22. The van der Waals surface area contributed by atoms with Gasteiger partial charge in [0.05, 0.1) is 6.61 Å². The second-order valence-electron chi connectivity index (χ2n) is 4.30. The van der Waals surface area contributed by atoms with Crippen LogP contribution in [0.1, 0.15) is 25.5 Å². The molecule has 0 aliphatic carbocycles. The van der Waals surface area contributed by atoms with Crippen molar-refractivity contribution in [3.8, 4) is 0 Å². The van der Waals surface area contributed by atoms with E-state index in [4.69, 9.17) is 0 Å². The van der Waals surface area contributed by atoms with Crippen LogP contribution in [0.4, 0.5) is 0 Å². The van der Waals surface area contributed by atoms with Crippen LogP contribution in [0.5, 0.6) is 0 Å². The quantitative estimate of drug-likeness (QED) is 0.762. The highest BCUT2D eigenvalue weighted by Gasteiger charge is 2.18. The third-order valence-corrected chi connectivity index (χ3v) is 5.33. The van der Waals surface area contributed by atoms with Crippen molar-refractivity contribution in [2.24, 2.45) is 0 Å². The standard InChI is InChI=1S/C13H19Br2NOS/c1-8(16-9(2)13(7-17)18-3)11-5-4-10(14)6-12(11)15/h4-6,8-9,13,16-17H,7H2,1-3H3. The zero-order chi connectivity index (χ0) is 13.7. The van der Waals surface area contributed by atoms with E-state index < -0.39 is 0 Å². The van der Waals surface area contributed by atoms with Gasteiger partial charge >= 0.3 is 0 Å². The summed E-state index contributed by atoms with van der Waals surface area (Å²) in [4.78, 5) is 0. The zero-order valence-electron chi connectivity index (χ0n) is 10.8. The fourth-order valence-corrected chi connectivity index (χ4v) is 3.91. The molecule has 1 aromatic rings. The Bertz CT molecular complexity index is 385. The molecule has 0 amide bonds. The van der Waals surface area contributed by atoms with Gasteiger partial charge in [-0.3, -0.25) is 0 Å². The molecule has 1 rings (SSSR count). The second kappa shape index (κ2) is 7.90. The molecule has 5 heteroatoms. The lowest BCUT2D eigenvalue weighted by molar-refractivity contribution is 0.271. The Kier molecular flexibility index (Phi) is 7.24. The molecule has 102 valence electrons. The number of aliphatic hydroxyl groups excluding tert-OH is 1. The molecule has 0 saturated carbocycles. The summed E-state index contributed by atoms with van der Waals surface area (Å²) in [5.74, 6) is 0. The van der Waals surface area contributed by atoms with Gasteiger partial charge in [0.2, 0.25) is 0 Å². The van der Waals surface area contributed by atoms with E-state index in [-0.39, 0.29) is 23.9 Å². The van der Waals surface area contributed by atoms with Crippen LogP contribution < -0.4 is 5.32 Å². The fraction of sp³-hybridized carbons (Fsp3) is 0.538. The summed E-state index contributed by atoms with van der Waals surface area (Å²) >= 11 is 8.73. The first-order valence-electron chi connectivity index (χ1n) is 5.84. The molecule has 3 unspecified atom stereocenters. The number of benzene rings is 1. The molecule has 0 aromatic heterocycles. The van der Waals surface area contributed by atoms with E-state index in [0.29, 0.717) is 0 Å². The Morgan fingerprint density at radius 1 is 1.33 bits per heavy atom. The maximum Gasteiger partial charge on any atom is 0.0564 e. The van der Waals surface area contributed by atoms with Gasteiger partial charge in [0.15, 0.2) is 0 Å². The van der Waals surface area contributed by atoms with E-state index in [1.807, 2.05) is 12.3 Å². The number of thioether (sulfide) groups is 1. The van der Waals surface area contributed by atoms with Crippen molar-refractivity contribution in [2.45, 2.75) is 31.2 Å². The second-order valence-corrected chi connectivity index (χ2v) is 7.15. The van der Waals surface area contributed by atoms with Crippen LogP contribution in [-0.4, -0.2) is 29.3 Å². The predicted molar refractivity (Wildman–Crippen MR) is 87.2 cm³/mol. The minimum absolute atomic E-state index is 0.198. The first-order chi connectivity index (χ1) is 8.49. The fourth-order valence-electron chi connectivity index (χ4n) is 1.88. The van der Waals surface area contributed by atoms with Gasteiger partial charge < -0.3 is 10.4 Å².